The summed E-state index contributed by atoms with van der Waals surface area (Å²) < 4.78 is 13.2. The molecule has 0 spiro atoms. The van der Waals surface area contributed by atoms with Crippen LogP contribution in [-0.4, -0.2) is 24.6 Å². The van der Waals surface area contributed by atoms with Crippen molar-refractivity contribution in [2.75, 3.05) is 25.0 Å². The normalized spacial score (nSPS) is 18.9. The van der Waals surface area contributed by atoms with Crippen molar-refractivity contribution < 1.29 is 4.39 Å². The number of aromatic nitrogens is 1. The Hall–Kier alpha value is -1.68. The van der Waals surface area contributed by atoms with Gasteiger partial charge in [0.1, 0.15) is 11.6 Å². The molecule has 3 rings (SSSR count). The van der Waals surface area contributed by atoms with E-state index in [1.807, 2.05) is 6.07 Å². The number of pyridine rings is 1. The van der Waals surface area contributed by atoms with Crippen molar-refractivity contribution in [1.82, 2.24) is 10.3 Å². The van der Waals surface area contributed by atoms with Crippen molar-refractivity contribution in [2.24, 2.45) is 5.92 Å². The lowest BCUT2D eigenvalue weighted by atomic mass is 10.1. The minimum absolute atomic E-state index is 0.207. The van der Waals surface area contributed by atoms with E-state index < -0.39 is 0 Å². The molecule has 1 aromatic heterocycles. The number of hydrogen-bond acceptors (Lipinski definition) is 3. The van der Waals surface area contributed by atoms with Crippen molar-refractivity contribution in [3.05, 3.63) is 36.3 Å². The SMILES string of the molecule is Fc1ccc2c(NCCC3CCNC3)nccc2c1. The molecular formula is C15H18FN3. The van der Waals surface area contributed by atoms with E-state index >= 15 is 0 Å². The number of nitrogens with one attached hydrogen (secondary N) is 2. The Kier molecular flexibility index (Phi) is 3.60. The summed E-state index contributed by atoms with van der Waals surface area (Å²) in [7, 11) is 0. The minimum atomic E-state index is -0.207. The van der Waals surface area contributed by atoms with Gasteiger partial charge in [0.15, 0.2) is 0 Å². The van der Waals surface area contributed by atoms with Crippen LogP contribution in [-0.2, 0) is 0 Å². The molecule has 1 unspecified atom stereocenters. The summed E-state index contributed by atoms with van der Waals surface area (Å²) in [5.41, 5.74) is 0. The molecule has 19 heavy (non-hydrogen) atoms. The molecule has 100 valence electrons. The summed E-state index contributed by atoms with van der Waals surface area (Å²) >= 11 is 0. The molecule has 0 saturated carbocycles. The molecule has 2 heterocycles. The summed E-state index contributed by atoms with van der Waals surface area (Å²) in [5.74, 6) is 1.41. The number of anilines is 1. The van der Waals surface area contributed by atoms with Crippen LogP contribution in [0.15, 0.2) is 30.5 Å². The first-order valence-corrected chi connectivity index (χ1v) is 6.82. The third-order valence-electron chi connectivity index (χ3n) is 3.73. The van der Waals surface area contributed by atoms with Crippen molar-refractivity contribution in [3.8, 4) is 0 Å². The Morgan fingerprint density at radius 1 is 1.37 bits per heavy atom. The van der Waals surface area contributed by atoms with Crippen LogP contribution in [0.25, 0.3) is 10.8 Å². The summed E-state index contributed by atoms with van der Waals surface area (Å²) in [5, 5.41) is 8.61. The van der Waals surface area contributed by atoms with E-state index in [-0.39, 0.29) is 5.82 Å². The number of rotatable bonds is 4. The summed E-state index contributed by atoms with van der Waals surface area (Å²) in [4.78, 5) is 4.35. The van der Waals surface area contributed by atoms with Gasteiger partial charge >= 0.3 is 0 Å². The summed E-state index contributed by atoms with van der Waals surface area (Å²) in [6, 6.07) is 6.65. The maximum absolute atomic E-state index is 13.2. The molecule has 4 heteroatoms. The van der Waals surface area contributed by atoms with Gasteiger partial charge in [0.25, 0.3) is 0 Å². The van der Waals surface area contributed by atoms with Gasteiger partial charge in [-0.1, -0.05) is 0 Å². The van der Waals surface area contributed by atoms with E-state index in [4.69, 9.17) is 0 Å². The topological polar surface area (TPSA) is 37.0 Å². The molecule has 1 aliphatic rings. The Morgan fingerprint density at radius 3 is 3.16 bits per heavy atom. The van der Waals surface area contributed by atoms with Crippen molar-refractivity contribution in [3.63, 3.8) is 0 Å². The van der Waals surface area contributed by atoms with Crippen LogP contribution in [0.1, 0.15) is 12.8 Å². The molecule has 1 aliphatic heterocycles. The van der Waals surface area contributed by atoms with Gasteiger partial charge in [-0.25, -0.2) is 9.37 Å². The van der Waals surface area contributed by atoms with Gasteiger partial charge in [-0.3, -0.25) is 0 Å². The largest absolute Gasteiger partial charge is 0.370 e. The molecule has 0 aliphatic carbocycles. The minimum Gasteiger partial charge on any atom is -0.370 e. The third-order valence-corrected chi connectivity index (χ3v) is 3.73. The molecule has 1 fully saturated rings. The highest BCUT2D eigenvalue weighted by molar-refractivity contribution is 5.91. The van der Waals surface area contributed by atoms with Gasteiger partial charge in [-0.15, -0.1) is 0 Å². The maximum Gasteiger partial charge on any atom is 0.133 e. The molecule has 2 N–H and O–H groups in total. The lowest BCUT2D eigenvalue weighted by Gasteiger charge is -2.11. The highest BCUT2D eigenvalue weighted by Gasteiger charge is 2.13. The molecule has 1 aromatic carbocycles. The van der Waals surface area contributed by atoms with Crippen LogP contribution in [0.2, 0.25) is 0 Å². The molecule has 1 atom stereocenters. The molecular weight excluding hydrogens is 241 g/mol. The summed E-state index contributed by atoms with van der Waals surface area (Å²) in [6.45, 7) is 3.17. The zero-order valence-corrected chi connectivity index (χ0v) is 10.8. The average molecular weight is 259 g/mol. The molecule has 3 nitrogen and oxygen atoms in total. The number of nitrogens with zero attached hydrogens (tertiary/aromatic N) is 1. The molecule has 1 saturated heterocycles. The quantitative estimate of drug-likeness (QED) is 0.886. The molecule has 2 aromatic rings. The number of fused-ring (bicyclic) bond motifs is 1. The van der Waals surface area contributed by atoms with Crippen LogP contribution in [0.4, 0.5) is 10.2 Å². The lowest BCUT2D eigenvalue weighted by molar-refractivity contribution is 0.549. The Balaban J connectivity index is 1.70. The van der Waals surface area contributed by atoms with Gasteiger partial charge in [-0.2, -0.15) is 0 Å². The second-order valence-corrected chi connectivity index (χ2v) is 5.10. The maximum atomic E-state index is 13.2. The standard InChI is InChI=1S/C15H18FN3/c16-13-1-2-14-12(9-13)5-8-19-15(14)18-7-4-11-3-6-17-10-11/h1-2,5,8-9,11,17H,3-4,6-7,10H2,(H,18,19). The van der Waals surface area contributed by atoms with Gasteiger partial charge in [0, 0.05) is 18.1 Å². The predicted molar refractivity (Wildman–Crippen MR) is 75.8 cm³/mol. The highest BCUT2D eigenvalue weighted by atomic mass is 19.1. The first kappa shape index (κ1) is 12.4. The lowest BCUT2D eigenvalue weighted by Crippen LogP contribution is -2.13. The van der Waals surface area contributed by atoms with Crippen LogP contribution in [0.3, 0.4) is 0 Å². The second kappa shape index (κ2) is 5.53. The zero-order valence-electron chi connectivity index (χ0n) is 10.8. The number of halogens is 1. The monoisotopic (exact) mass is 259 g/mol. The van der Waals surface area contributed by atoms with Gasteiger partial charge in [0.2, 0.25) is 0 Å². The smallest absolute Gasteiger partial charge is 0.133 e. The van der Waals surface area contributed by atoms with Gasteiger partial charge in [0.05, 0.1) is 0 Å². The van der Waals surface area contributed by atoms with Crippen LogP contribution >= 0.6 is 0 Å². The van der Waals surface area contributed by atoms with Crippen LogP contribution < -0.4 is 10.6 Å². The fourth-order valence-electron chi connectivity index (χ4n) is 2.65. The predicted octanol–water partition coefficient (Wildman–Crippen LogP) is 2.79. The second-order valence-electron chi connectivity index (χ2n) is 5.10. The van der Waals surface area contributed by atoms with E-state index in [1.54, 1.807) is 18.3 Å². The van der Waals surface area contributed by atoms with Gasteiger partial charge < -0.3 is 10.6 Å². The Morgan fingerprint density at radius 2 is 2.32 bits per heavy atom. The first-order valence-electron chi connectivity index (χ1n) is 6.82. The van der Waals surface area contributed by atoms with Crippen LogP contribution in [0, 0.1) is 11.7 Å². The van der Waals surface area contributed by atoms with E-state index in [0.29, 0.717) is 0 Å². The Bertz CT molecular complexity index is 564. The van der Waals surface area contributed by atoms with E-state index in [1.165, 1.54) is 12.5 Å². The fourth-order valence-corrected chi connectivity index (χ4v) is 2.65. The molecule has 0 amide bonds. The van der Waals surface area contributed by atoms with Crippen molar-refractivity contribution in [1.29, 1.82) is 0 Å². The van der Waals surface area contributed by atoms with E-state index in [0.717, 1.165) is 48.6 Å². The third kappa shape index (κ3) is 2.84. The van der Waals surface area contributed by atoms with Gasteiger partial charge in [-0.05, 0) is 61.5 Å². The first-order chi connectivity index (χ1) is 9.33. The van der Waals surface area contributed by atoms with Crippen molar-refractivity contribution >= 4 is 16.6 Å². The fraction of sp³-hybridized carbons (Fsp3) is 0.400. The van der Waals surface area contributed by atoms with E-state index in [9.17, 15) is 4.39 Å². The number of hydrogen-bond donors (Lipinski definition) is 2. The highest BCUT2D eigenvalue weighted by Crippen LogP contribution is 2.22. The van der Waals surface area contributed by atoms with E-state index in [2.05, 4.69) is 15.6 Å². The van der Waals surface area contributed by atoms with Crippen molar-refractivity contribution in [2.45, 2.75) is 12.8 Å². The number of benzene rings is 1. The Labute approximate surface area is 112 Å². The zero-order chi connectivity index (χ0) is 13.1. The molecule has 0 radical (unpaired) electrons. The summed E-state index contributed by atoms with van der Waals surface area (Å²) in [6.07, 6.45) is 4.13. The van der Waals surface area contributed by atoms with Crippen LogP contribution in [0.5, 0.6) is 0 Å². The molecule has 0 bridgehead atoms. The average Bonchev–Trinajstić information content (AvgIpc) is 2.92.